The Labute approximate surface area is 173 Å². The number of hydrogen-bond donors (Lipinski definition) is 3. The number of carbonyl (C=O) groups excluding carboxylic acids is 2. The highest BCUT2D eigenvalue weighted by molar-refractivity contribution is 14.0. The van der Waals surface area contributed by atoms with E-state index in [0.29, 0.717) is 6.04 Å². The van der Waals surface area contributed by atoms with E-state index in [4.69, 9.17) is 4.99 Å². The molecule has 26 heavy (non-hydrogen) atoms. The number of rotatable bonds is 5. The molecule has 2 fully saturated rings. The van der Waals surface area contributed by atoms with Gasteiger partial charge in [-0.15, -0.1) is 24.0 Å². The Balaban J connectivity index is 0.00000338. The minimum atomic E-state index is -0.794. The van der Waals surface area contributed by atoms with Crippen LogP contribution in [0.4, 0.5) is 4.79 Å². The van der Waals surface area contributed by atoms with Crippen LogP contribution in [-0.4, -0.2) is 79.6 Å². The van der Waals surface area contributed by atoms with E-state index in [0.717, 1.165) is 45.0 Å². The molecule has 3 amide bonds. The Morgan fingerprint density at radius 3 is 2.46 bits per heavy atom. The van der Waals surface area contributed by atoms with Gasteiger partial charge in [-0.1, -0.05) is 0 Å². The first-order chi connectivity index (χ1) is 11.8. The van der Waals surface area contributed by atoms with Gasteiger partial charge in [0.1, 0.15) is 5.54 Å². The van der Waals surface area contributed by atoms with Crippen molar-refractivity contribution in [1.82, 2.24) is 25.8 Å². The van der Waals surface area contributed by atoms with Crippen LogP contribution < -0.4 is 16.0 Å². The molecule has 8 nitrogen and oxygen atoms in total. The van der Waals surface area contributed by atoms with Crippen LogP contribution in [0.15, 0.2) is 4.99 Å². The molecule has 2 saturated heterocycles. The maximum Gasteiger partial charge on any atom is 0.322 e. The average molecular weight is 480 g/mol. The van der Waals surface area contributed by atoms with Crippen molar-refractivity contribution in [2.75, 3.05) is 40.3 Å². The Bertz CT molecular complexity index is 533. The minimum absolute atomic E-state index is 0. The molecule has 2 unspecified atom stereocenters. The quantitative estimate of drug-likeness (QED) is 0.235. The molecule has 2 aliphatic rings. The highest BCUT2D eigenvalue weighted by atomic mass is 127. The fraction of sp³-hybridized carbons (Fsp3) is 0.824. The van der Waals surface area contributed by atoms with E-state index in [1.807, 2.05) is 6.92 Å². The largest absolute Gasteiger partial charge is 0.357 e. The zero-order chi connectivity index (χ0) is 18.6. The number of imide groups is 1. The predicted molar refractivity (Wildman–Crippen MR) is 114 cm³/mol. The van der Waals surface area contributed by atoms with Gasteiger partial charge in [0.15, 0.2) is 5.96 Å². The van der Waals surface area contributed by atoms with Crippen LogP contribution in [0.1, 0.15) is 33.6 Å². The fourth-order valence-electron chi connectivity index (χ4n) is 3.32. The molecule has 2 heterocycles. The summed E-state index contributed by atoms with van der Waals surface area (Å²) in [5, 5.41) is 8.53. The molecule has 3 N–H and O–H groups in total. The highest BCUT2D eigenvalue weighted by Gasteiger charge is 2.48. The normalized spacial score (nSPS) is 25.6. The van der Waals surface area contributed by atoms with Crippen molar-refractivity contribution in [3.05, 3.63) is 0 Å². The molecule has 2 aliphatic heterocycles. The van der Waals surface area contributed by atoms with Gasteiger partial charge in [0.25, 0.3) is 5.91 Å². The maximum atomic E-state index is 12.1. The van der Waals surface area contributed by atoms with E-state index in [2.05, 4.69) is 53.7 Å². The average Bonchev–Trinajstić information content (AvgIpc) is 2.84. The Hall–Kier alpha value is -1.10. The molecule has 2 atom stereocenters. The minimum Gasteiger partial charge on any atom is -0.357 e. The van der Waals surface area contributed by atoms with Crippen molar-refractivity contribution in [1.29, 1.82) is 0 Å². The van der Waals surface area contributed by atoms with Crippen LogP contribution in [0.5, 0.6) is 0 Å². The van der Waals surface area contributed by atoms with Crippen molar-refractivity contribution in [2.45, 2.75) is 45.2 Å². The second kappa shape index (κ2) is 9.72. The summed E-state index contributed by atoms with van der Waals surface area (Å²) in [7, 11) is 4.11. The summed E-state index contributed by atoms with van der Waals surface area (Å²) in [6, 6.07) is -0.00925. The number of nitrogens with zero attached hydrogens (tertiary/aromatic N) is 3. The lowest BCUT2D eigenvalue weighted by Gasteiger charge is -2.39. The third-order valence-corrected chi connectivity index (χ3v) is 5.40. The summed E-state index contributed by atoms with van der Waals surface area (Å²) in [5.41, 5.74) is -0.794. The standard InChI is InChI=1S/C17H32N6O2.HI/c1-6-18-15(19-11-12(2)22(4)5)23-9-7-13(8-10-23)17(3)14(24)20-16(25)21-17;/h12-13H,6-11H2,1-5H3,(H,18,19)(H2,20,21,24,25);1H. The molecule has 0 radical (unpaired) electrons. The number of urea groups is 1. The summed E-state index contributed by atoms with van der Waals surface area (Å²) in [4.78, 5) is 32.8. The Morgan fingerprint density at radius 2 is 2.00 bits per heavy atom. The zero-order valence-electron chi connectivity index (χ0n) is 16.5. The topological polar surface area (TPSA) is 89.1 Å². The number of likely N-dealkylation sites (tertiary alicyclic amines) is 1. The van der Waals surface area contributed by atoms with Crippen LogP contribution in [0, 0.1) is 5.92 Å². The summed E-state index contributed by atoms with van der Waals surface area (Å²) < 4.78 is 0. The number of halogens is 1. The molecule has 150 valence electrons. The molecular weight excluding hydrogens is 447 g/mol. The molecule has 2 rings (SSSR count). The Morgan fingerprint density at radius 1 is 1.38 bits per heavy atom. The Kier molecular flexibility index (Phi) is 8.58. The lowest BCUT2D eigenvalue weighted by atomic mass is 9.79. The summed E-state index contributed by atoms with van der Waals surface area (Å²) in [5.74, 6) is 0.856. The number of nitrogens with one attached hydrogen (secondary N) is 3. The van der Waals surface area contributed by atoms with Gasteiger partial charge in [0.05, 0.1) is 6.54 Å². The van der Waals surface area contributed by atoms with Gasteiger partial charge in [-0.25, -0.2) is 4.79 Å². The van der Waals surface area contributed by atoms with Crippen molar-refractivity contribution >= 4 is 41.9 Å². The van der Waals surface area contributed by atoms with Crippen molar-refractivity contribution in [2.24, 2.45) is 10.9 Å². The molecule has 0 aromatic rings. The molecule has 0 aromatic heterocycles. The lowest BCUT2D eigenvalue weighted by Crippen LogP contribution is -2.55. The van der Waals surface area contributed by atoms with Gasteiger partial charge in [-0.05, 0) is 53.6 Å². The van der Waals surface area contributed by atoms with Crippen LogP contribution >= 0.6 is 24.0 Å². The van der Waals surface area contributed by atoms with Crippen LogP contribution in [-0.2, 0) is 4.79 Å². The summed E-state index contributed by atoms with van der Waals surface area (Å²) >= 11 is 0. The fourth-order valence-corrected chi connectivity index (χ4v) is 3.32. The van der Waals surface area contributed by atoms with Gasteiger partial charge in [0, 0.05) is 25.7 Å². The van der Waals surface area contributed by atoms with E-state index >= 15 is 0 Å². The van der Waals surface area contributed by atoms with Gasteiger partial charge >= 0.3 is 6.03 Å². The van der Waals surface area contributed by atoms with Crippen LogP contribution in [0.3, 0.4) is 0 Å². The van der Waals surface area contributed by atoms with Crippen LogP contribution in [0.25, 0.3) is 0 Å². The first kappa shape index (κ1) is 22.9. The third-order valence-electron chi connectivity index (χ3n) is 5.40. The molecule has 9 heteroatoms. The number of aliphatic imine (C=N–C) groups is 1. The lowest BCUT2D eigenvalue weighted by molar-refractivity contribution is -0.125. The molecule has 0 spiro atoms. The van der Waals surface area contributed by atoms with Crippen molar-refractivity contribution in [3.8, 4) is 0 Å². The second-order valence-electron chi connectivity index (χ2n) is 7.38. The van der Waals surface area contributed by atoms with Crippen LogP contribution in [0.2, 0.25) is 0 Å². The molecule has 0 aromatic carbocycles. The molecule has 0 bridgehead atoms. The smallest absolute Gasteiger partial charge is 0.322 e. The SMILES string of the molecule is CCNC(=NCC(C)N(C)C)N1CCC(C2(C)NC(=O)NC2=O)CC1.I. The summed E-state index contributed by atoms with van der Waals surface area (Å²) in [6.45, 7) is 9.26. The molecular formula is C17H33IN6O2. The van der Waals surface area contributed by atoms with E-state index in [1.54, 1.807) is 0 Å². The highest BCUT2D eigenvalue weighted by Crippen LogP contribution is 2.30. The van der Waals surface area contributed by atoms with Gasteiger partial charge in [-0.2, -0.15) is 0 Å². The number of amides is 3. The number of hydrogen-bond acceptors (Lipinski definition) is 4. The van der Waals surface area contributed by atoms with E-state index in [1.165, 1.54) is 0 Å². The number of piperidine rings is 1. The van der Waals surface area contributed by atoms with E-state index < -0.39 is 5.54 Å². The maximum absolute atomic E-state index is 12.1. The molecule has 0 aliphatic carbocycles. The monoisotopic (exact) mass is 480 g/mol. The van der Waals surface area contributed by atoms with Crippen molar-refractivity contribution < 1.29 is 9.59 Å². The van der Waals surface area contributed by atoms with E-state index in [9.17, 15) is 9.59 Å². The first-order valence-corrected chi connectivity index (χ1v) is 9.11. The third kappa shape index (κ3) is 5.21. The van der Waals surface area contributed by atoms with Gasteiger partial charge < -0.3 is 20.4 Å². The zero-order valence-corrected chi connectivity index (χ0v) is 18.8. The number of carbonyl (C=O) groups is 2. The second-order valence-corrected chi connectivity index (χ2v) is 7.38. The van der Waals surface area contributed by atoms with Crippen molar-refractivity contribution in [3.63, 3.8) is 0 Å². The van der Waals surface area contributed by atoms with Gasteiger partial charge in [0.2, 0.25) is 0 Å². The summed E-state index contributed by atoms with van der Waals surface area (Å²) in [6.07, 6.45) is 1.69. The first-order valence-electron chi connectivity index (χ1n) is 9.11. The predicted octanol–water partition coefficient (Wildman–Crippen LogP) is 0.830. The number of guanidine groups is 1. The van der Waals surface area contributed by atoms with E-state index in [-0.39, 0.29) is 41.8 Å². The molecule has 0 saturated carbocycles. The number of likely N-dealkylation sites (N-methyl/N-ethyl adjacent to an activating group) is 1. The van der Waals surface area contributed by atoms with Gasteiger partial charge in [-0.3, -0.25) is 15.1 Å².